The van der Waals surface area contributed by atoms with Crippen molar-refractivity contribution in [1.82, 2.24) is 9.88 Å². The molecule has 4 nitrogen and oxygen atoms in total. The van der Waals surface area contributed by atoms with Crippen molar-refractivity contribution in [3.63, 3.8) is 0 Å². The lowest BCUT2D eigenvalue weighted by atomic mass is 9.86. The number of aromatic nitrogens is 1. The summed E-state index contributed by atoms with van der Waals surface area (Å²) in [6.45, 7) is 2.29. The topological polar surface area (TPSA) is 36.4 Å². The van der Waals surface area contributed by atoms with Gasteiger partial charge in [-0.15, -0.1) is 0 Å². The summed E-state index contributed by atoms with van der Waals surface area (Å²) in [4.78, 5) is 20.8. The second-order valence-electron chi connectivity index (χ2n) is 6.10. The van der Waals surface area contributed by atoms with Gasteiger partial charge in [0, 0.05) is 33.4 Å². The van der Waals surface area contributed by atoms with E-state index in [0.717, 1.165) is 24.6 Å². The Kier molecular flexibility index (Phi) is 4.63. The first-order valence-electron chi connectivity index (χ1n) is 7.40. The number of rotatable bonds is 3. The summed E-state index contributed by atoms with van der Waals surface area (Å²) in [5, 5.41) is 0. The summed E-state index contributed by atoms with van der Waals surface area (Å²) >= 11 is 0. The third-order valence-corrected chi connectivity index (χ3v) is 4.29. The molecule has 1 heterocycles. The Morgan fingerprint density at radius 2 is 1.85 bits per heavy atom. The minimum absolute atomic E-state index is 0.0846. The maximum absolute atomic E-state index is 12.7. The van der Waals surface area contributed by atoms with Crippen molar-refractivity contribution in [2.75, 3.05) is 26.0 Å². The van der Waals surface area contributed by atoms with E-state index in [1.165, 1.54) is 12.8 Å². The zero-order valence-electron chi connectivity index (χ0n) is 13.0. The van der Waals surface area contributed by atoms with Gasteiger partial charge in [0.2, 0.25) is 0 Å². The highest BCUT2D eigenvalue weighted by Gasteiger charge is 2.27. The molecule has 1 aromatic heterocycles. The monoisotopic (exact) mass is 275 g/mol. The number of carbonyl (C=O) groups excluding carboxylic acids is 1. The van der Waals surface area contributed by atoms with Crippen LogP contribution in [0.4, 0.5) is 5.82 Å². The van der Waals surface area contributed by atoms with Gasteiger partial charge in [0.15, 0.2) is 0 Å². The van der Waals surface area contributed by atoms with E-state index in [1.807, 2.05) is 43.1 Å². The molecule has 0 unspecified atom stereocenters. The molecule has 0 aliphatic heterocycles. The summed E-state index contributed by atoms with van der Waals surface area (Å²) in [7, 11) is 5.76. The lowest BCUT2D eigenvalue weighted by molar-refractivity contribution is 0.0680. The predicted octanol–water partition coefficient (Wildman–Crippen LogP) is 2.80. The lowest BCUT2D eigenvalue weighted by Crippen LogP contribution is -2.39. The molecule has 0 atom stereocenters. The van der Waals surface area contributed by atoms with Gasteiger partial charge in [-0.05, 0) is 43.7 Å². The molecule has 1 fully saturated rings. The minimum atomic E-state index is 0.0846. The van der Waals surface area contributed by atoms with Gasteiger partial charge in [-0.3, -0.25) is 4.79 Å². The Balaban J connectivity index is 2.15. The molecule has 0 radical (unpaired) electrons. The van der Waals surface area contributed by atoms with Gasteiger partial charge in [0.1, 0.15) is 5.82 Å². The van der Waals surface area contributed by atoms with Crippen LogP contribution in [0.1, 0.15) is 43.0 Å². The molecule has 0 saturated heterocycles. The van der Waals surface area contributed by atoms with E-state index in [-0.39, 0.29) is 5.91 Å². The molecule has 1 amide bonds. The molecule has 1 aromatic rings. The Bertz CT molecular complexity index is 465. The van der Waals surface area contributed by atoms with Crippen molar-refractivity contribution < 1.29 is 4.79 Å². The normalized spacial score (nSPS) is 22.4. The Hall–Kier alpha value is -1.58. The second-order valence-corrected chi connectivity index (χ2v) is 6.10. The highest BCUT2D eigenvalue weighted by Crippen LogP contribution is 2.28. The number of hydrogen-bond donors (Lipinski definition) is 0. The van der Waals surface area contributed by atoms with E-state index in [4.69, 9.17) is 0 Å². The molecule has 2 rings (SSSR count). The Morgan fingerprint density at radius 1 is 1.20 bits per heavy atom. The van der Waals surface area contributed by atoms with Crippen LogP contribution in [0, 0.1) is 5.92 Å². The van der Waals surface area contributed by atoms with Gasteiger partial charge in [0.25, 0.3) is 5.91 Å². The zero-order valence-corrected chi connectivity index (χ0v) is 13.0. The molecule has 0 aromatic carbocycles. The smallest absolute Gasteiger partial charge is 0.257 e. The van der Waals surface area contributed by atoms with E-state index in [9.17, 15) is 4.79 Å². The molecule has 4 heteroatoms. The summed E-state index contributed by atoms with van der Waals surface area (Å²) in [6.07, 6.45) is 6.39. The van der Waals surface area contributed by atoms with Crippen molar-refractivity contribution in [2.24, 2.45) is 5.92 Å². The van der Waals surface area contributed by atoms with E-state index < -0.39 is 0 Å². The molecule has 1 aliphatic carbocycles. The molecule has 1 saturated carbocycles. The number of nitrogens with zero attached hydrogens (tertiary/aromatic N) is 3. The van der Waals surface area contributed by atoms with Crippen LogP contribution in [0.3, 0.4) is 0 Å². The van der Waals surface area contributed by atoms with Crippen molar-refractivity contribution in [1.29, 1.82) is 0 Å². The summed E-state index contributed by atoms with van der Waals surface area (Å²) in [6, 6.07) is 4.07. The quantitative estimate of drug-likeness (QED) is 0.851. The van der Waals surface area contributed by atoms with Crippen LogP contribution >= 0.6 is 0 Å². The predicted molar refractivity (Wildman–Crippen MR) is 82.1 cm³/mol. The van der Waals surface area contributed by atoms with Crippen LogP contribution in [0.25, 0.3) is 0 Å². The second kappa shape index (κ2) is 6.25. The first-order valence-corrected chi connectivity index (χ1v) is 7.40. The molecular weight excluding hydrogens is 250 g/mol. The molecule has 0 spiro atoms. The van der Waals surface area contributed by atoms with E-state index in [1.54, 1.807) is 6.20 Å². The SMILES string of the molecule is CC1CCC(N(C)C(=O)c2cccnc2N(C)C)CC1. The third-order valence-electron chi connectivity index (χ3n) is 4.29. The van der Waals surface area contributed by atoms with E-state index >= 15 is 0 Å². The largest absolute Gasteiger partial charge is 0.362 e. The van der Waals surface area contributed by atoms with Crippen molar-refractivity contribution in [3.8, 4) is 0 Å². The first-order chi connectivity index (χ1) is 9.50. The molecule has 1 aliphatic rings. The number of pyridine rings is 1. The summed E-state index contributed by atoms with van der Waals surface area (Å²) < 4.78 is 0. The minimum Gasteiger partial charge on any atom is -0.362 e. The highest BCUT2D eigenvalue weighted by molar-refractivity contribution is 5.98. The van der Waals surface area contributed by atoms with Crippen LogP contribution in [0.15, 0.2) is 18.3 Å². The van der Waals surface area contributed by atoms with E-state index in [0.29, 0.717) is 11.6 Å². The average molecular weight is 275 g/mol. The number of amides is 1. The molecule has 110 valence electrons. The van der Waals surface area contributed by atoms with Gasteiger partial charge in [-0.2, -0.15) is 0 Å². The number of carbonyl (C=O) groups is 1. The average Bonchev–Trinajstić information content (AvgIpc) is 2.46. The Morgan fingerprint density at radius 3 is 2.45 bits per heavy atom. The molecule has 0 bridgehead atoms. The maximum atomic E-state index is 12.7. The maximum Gasteiger partial charge on any atom is 0.257 e. The van der Waals surface area contributed by atoms with Gasteiger partial charge in [-0.1, -0.05) is 6.92 Å². The van der Waals surface area contributed by atoms with Crippen molar-refractivity contribution >= 4 is 11.7 Å². The number of hydrogen-bond acceptors (Lipinski definition) is 3. The van der Waals surface area contributed by atoms with Gasteiger partial charge in [0.05, 0.1) is 5.56 Å². The van der Waals surface area contributed by atoms with Gasteiger partial charge >= 0.3 is 0 Å². The fourth-order valence-corrected chi connectivity index (χ4v) is 2.91. The van der Waals surface area contributed by atoms with Gasteiger partial charge in [-0.25, -0.2) is 4.98 Å². The fourth-order valence-electron chi connectivity index (χ4n) is 2.91. The fraction of sp³-hybridized carbons (Fsp3) is 0.625. The van der Waals surface area contributed by atoms with Gasteiger partial charge < -0.3 is 9.80 Å². The lowest BCUT2D eigenvalue weighted by Gasteiger charge is -2.34. The van der Waals surface area contributed by atoms with Crippen LogP contribution in [0.2, 0.25) is 0 Å². The van der Waals surface area contributed by atoms with Crippen molar-refractivity contribution in [3.05, 3.63) is 23.9 Å². The van der Waals surface area contributed by atoms with Crippen molar-refractivity contribution in [2.45, 2.75) is 38.6 Å². The van der Waals surface area contributed by atoms with Crippen LogP contribution < -0.4 is 4.90 Å². The Labute approximate surface area is 121 Å². The summed E-state index contributed by atoms with van der Waals surface area (Å²) in [5.74, 6) is 1.63. The number of anilines is 1. The van der Waals surface area contributed by atoms with Crippen LogP contribution in [-0.2, 0) is 0 Å². The molecular formula is C16H25N3O. The highest BCUT2D eigenvalue weighted by atomic mass is 16.2. The zero-order chi connectivity index (χ0) is 14.7. The molecule has 20 heavy (non-hydrogen) atoms. The first kappa shape index (κ1) is 14.8. The van der Waals surface area contributed by atoms with E-state index in [2.05, 4.69) is 11.9 Å². The van der Waals surface area contributed by atoms with Crippen LogP contribution in [-0.4, -0.2) is 43.0 Å². The summed E-state index contributed by atoms with van der Waals surface area (Å²) in [5.41, 5.74) is 0.693. The molecule has 0 N–H and O–H groups in total. The van der Waals surface area contributed by atoms with Crippen LogP contribution in [0.5, 0.6) is 0 Å². The standard InChI is InChI=1S/C16H25N3O/c1-12-7-9-13(10-8-12)19(4)16(20)14-6-5-11-17-15(14)18(2)3/h5-6,11-13H,7-10H2,1-4H3. The third kappa shape index (κ3) is 3.11.